The number of allylic oxidation sites excluding steroid dienone is 1. The molecule has 0 unspecified atom stereocenters. The van der Waals surface area contributed by atoms with Crippen molar-refractivity contribution in [2.75, 3.05) is 6.61 Å². The van der Waals surface area contributed by atoms with Crippen molar-refractivity contribution in [1.82, 2.24) is 4.57 Å². The van der Waals surface area contributed by atoms with Crippen molar-refractivity contribution in [3.8, 4) is 17.1 Å². The minimum absolute atomic E-state index is 0.0861. The second kappa shape index (κ2) is 11.4. The highest BCUT2D eigenvalue weighted by Crippen LogP contribution is 2.36. The zero-order chi connectivity index (χ0) is 29.3. The summed E-state index contributed by atoms with van der Waals surface area (Å²) >= 11 is 1.15. The van der Waals surface area contributed by atoms with Crippen molar-refractivity contribution in [3.05, 3.63) is 113 Å². The summed E-state index contributed by atoms with van der Waals surface area (Å²) in [6.45, 7) is 7.40. The van der Waals surface area contributed by atoms with Crippen molar-refractivity contribution < 1.29 is 23.6 Å². The molecule has 0 radical (unpaired) electrons. The van der Waals surface area contributed by atoms with Gasteiger partial charge < -0.3 is 13.9 Å². The first kappa shape index (κ1) is 27.8. The molecule has 0 bridgehead atoms. The minimum atomic E-state index is -0.832. The Kier molecular flexibility index (Phi) is 7.71. The van der Waals surface area contributed by atoms with Crippen LogP contribution in [0.2, 0.25) is 0 Å². The molecule has 2 aromatic carbocycles. The Hall–Kier alpha value is -4.77. The molecule has 41 heavy (non-hydrogen) atoms. The van der Waals surface area contributed by atoms with Crippen LogP contribution in [0.3, 0.4) is 0 Å². The number of fused-ring (bicyclic) bond motifs is 1. The molecule has 0 fully saturated rings. The van der Waals surface area contributed by atoms with Gasteiger partial charge in [0.05, 0.1) is 39.0 Å². The van der Waals surface area contributed by atoms with Gasteiger partial charge in [0.2, 0.25) is 0 Å². The predicted octanol–water partition coefficient (Wildman–Crippen LogP) is 4.75. The fourth-order valence-electron chi connectivity index (χ4n) is 4.70. The van der Waals surface area contributed by atoms with E-state index in [4.69, 9.17) is 13.9 Å². The number of hydrogen-bond donors (Lipinski definition) is 0. The fraction of sp³-hybridized carbons (Fsp3) is 0.233. The lowest BCUT2D eigenvalue weighted by molar-refractivity contribution is -0.384. The molecule has 3 heterocycles. The number of esters is 1. The molecule has 1 aliphatic rings. The number of carbonyl (C=O) groups is 1. The molecule has 11 heteroatoms. The lowest BCUT2D eigenvalue weighted by Gasteiger charge is -2.26. The molecule has 5 rings (SSSR count). The van der Waals surface area contributed by atoms with E-state index in [1.807, 2.05) is 32.0 Å². The Balaban J connectivity index is 1.67. The van der Waals surface area contributed by atoms with E-state index in [1.165, 1.54) is 10.6 Å². The first-order valence-corrected chi connectivity index (χ1v) is 13.8. The van der Waals surface area contributed by atoms with Crippen molar-refractivity contribution in [1.29, 1.82) is 0 Å². The maximum atomic E-state index is 13.9. The smallest absolute Gasteiger partial charge is 0.338 e. The molecule has 10 nitrogen and oxygen atoms in total. The predicted molar refractivity (Wildman–Crippen MR) is 153 cm³/mol. The highest BCUT2D eigenvalue weighted by molar-refractivity contribution is 7.07. The molecule has 1 aliphatic heterocycles. The number of thiazole rings is 1. The van der Waals surface area contributed by atoms with Crippen molar-refractivity contribution in [2.45, 2.75) is 39.8 Å². The number of aromatic nitrogens is 1. The summed E-state index contributed by atoms with van der Waals surface area (Å²) in [4.78, 5) is 43.1. The van der Waals surface area contributed by atoms with Gasteiger partial charge in [-0.2, -0.15) is 0 Å². The van der Waals surface area contributed by atoms with E-state index >= 15 is 0 Å². The van der Waals surface area contributed by atoms with Gasteiger partial charge in [-0.3, -0.25) is 19.5 Å². The van der Waals surface area contributed by atoms with Gasteiger partial charge in [0.25, 0.3) is 11.2 Å². The number of hydrogen-bond acceptors (Lipinski definition) is 9. The molecular formula is C30H27N3O7S. The van der Waals surface area contributed by atoms with Crippen molar-refractivity contribution in [3.63, 3.8) is 0 Å². The number of nitrogens with zero attached hydrogens (tertiary/aromatic N) is 3. The Morgan fingerprint density at radius 3 is 2.63 bits per heavy atom. The van der Waals surface area contributed by atoms with E-state index in [-0.39, 0.29) is 29.5 Å². The SMILES string of the molecule is CCOC(=O)C1=C(C)N=c2s/c(=C\c3ccc(-c4ccccc4[N+](=O)[O-])o3)c(=O)n2[C@H]1c1ccccc1OC(C)C. The zero-order valence-corrected chi connectivity index (χ0v) is 23.6. The van der Waals surface area contributed by atoms with Gasteiger partial charge in [-0.25, -0.2) is 9.79 Å². The Bertz CT molecular complexity index is 1860. The van der Waals surface area contributed by atoms with Crippen LogP contribution in [-0.4, -0.2) is 28.2 Å². The molecule has 0 amide bonds. The number of nitro benzene ring substituents is 1. The van der Waals surface area contributed by atoms with Crippen molar-refractivity contribution >= 4 is 29.1 Å². The quantitative estimate of drug-likeness (QED) is 0.169. The summed E-state index contributed by atoms with van der Waals surface area (Å²) in [6, 6.07) is 16.0. The molecule has 0 spiro atoms. The molecular weight excluding hydrogens is 546 g/mol. The number of rotatable bonds is 8. The molecule has 0 saturated carbocycles. The number of benzene rings is 2. The average Bonchev–Trinajstić information content (AvgIpc) is 3.52. The molecule has 0 N–H and O–H groups in total. The first-order chi connectivity index (χ1) is 19.7. The van der Waals surface area contributed by atoms with Gasteiger partial charge >= 0.3 is 5.97 Å². The van der Waals surface area contributed by atoms with Crippen LogP contribution in [0.25, 0.3) is 17.4 Å². The van der Waals surface area contributed by atoms with Crippen LogP contribution in [0.1, 0.15) is 45.1 Å². The van der Waals surface area contributed by atoms with Crippen LogP contribution >= 0.6 is 11.3 Å². The van der Waals surface area contributed by atoms with Gasteiger partial charge in [-0.05, 0) is 52.0 Å². The highest BCUT2D eigenvalue weighted by Gasteiger charge is 2.35. The number of nitro groups is 1. The summed E-state index contributed by atoms with van der Waals surface area (Å²) in [5.74, 6) is 0.616. The third kappa shape index (κ3) is 5.36. The van der Waals surface area contributed by atoms with Crippen LogP contribution in [0.4, 0.5) is 5.69 Å². The zero-order valence-electron chi connectivity index (χ0n) is 22.8. The largest absolute Gasteiger partial charge is 0.491 e. The first-order valence-electron chi connectivity index (χ1n) is 13.0. The maximum Gasteiger partial charge on any atom is 0.338 e. The lowest BCUT2D eigenvalue weighted by Crippen LogP contribution is -2.40. The minimum Gasteiger partial charge on any atom is -0.491 e. The molecule has 0 saturated heterocycles. The van der Waals surface area contributed by atoms with Gasteiger partial charge in [0.1, 0.15) is 23.3 Å². The molecule has 210 valence electrons. The standard InChI is InChI=1S/C30H27N3O7S/c1-5-38-29(35)26-18(4)31-30-32(27(26)21-11-7-9-13-23(21)39-17(2)3)28(34)25(41-30)16-19-14-15-24(40-19)20-10-6-8-12-22(20)33(36)37/h6-17,27H,5H2,1-4H3/b25-16-/t27-/m0/s1. The van der Waals surface area contributed by atoms with E-state index in [9.17, 15) is 19.7 Å². The second-order valence-corrected chi connectivity index (χ2v) is 10.5. The van der Waals surface area contributed by atoms with Gasteiger partial charge in [-0.15, -0.1) is 0 Å². The van der Waals surface area contributed by atoms with Gasteiger partial charge in [-0.1, -0.05) is 41.7 Å². The van der Waals surface area contributed by atoms with Gasteiger partial charge in [0, 0.05) is 17.7 Å². The summed E-state index contributed by atoms with van der Waals surface area (Å²) in [5, 5.41) is 11.5. The van der Waals surface area contributed by atoms with Crippen molar-refractivity contribution in [2.24, 2.45) is 4.99 Å². The van der Waals surface area contributed by atoms with Crippen LogP contribution in [-0.2, 0) is 9.53 Å². The number of para-hydroxylation sites is 2. The number of carbonyl (C=O) groups excluding carboxylic acids is 1. The summed E-state index contributed by atoms with van der Waals surface area (Å²) in [7, 11) is 0. The number of ether oxygens (including phenoxy) is 2. The van der Waals surface area contributed by atoms with E-state index in [2.05, 4.69) is 4.99 Å². The summed E-state index contributed by atoms with van der Waals surface area (Å²) in [5.41, 5.74) is 1.19. The fourth-order valence-corrected chi connectivity index (χ4v) is 5.73. The maximum absolute atomic E-state index is 13.9. The van der Waals surface area contributed by atoms with Crippen LogP contribution in [0.15, 0.2) is 86.1 Å². The van der Waals surface area contributed by atoms with E-state index in [0.717, 1.165) is 11.3 Å². The Morgan fingerprint density at radius 1 is 1.17 bits per heavy atom. The molecule has 0 aliphatic carbocycles. The van der Waals surface area contributed by atoms with Crippen LogP contribution in [0, 0.1) is 10.1 Å². The van der Waals surface area contributed by atoms with Crippen LogP contribution < -0.4 is 19.6 Å². The van der Waals surface area contributed by atoms with Crippen LogP contribution in [0.5, 0.6) is 5.75 Å². The normalized spacial score (nSPS) is 15.0. The summed E-state index contributed by atoms with van der Waals surface area (Å²) in [6.07, 6.45) is 1.43. The Labute approximate surface area is 238 Å². The van der Waals surface area contributed by atoms with E-state index in [0.29, 0.717) is 43.4 Å². The lowest BCUT2D eigenvalue weighted by atomic mass is 9.95. The summed E-state index contributed by atoms with van der Waals surface area (Å²) < 4.78 is 19.1. The van der Waals surface area contributed by atoms with E-state index in [1.54, 1.807) is 56.3 Å². The number of furan rings is 1. The third-order valence-electron chi connectivity index (χ3n) is 6.36. The highest BCUT2D eigenvalue weighted by atomic mass is 32.1. The second-order valence-electron chi connectivity index (χ2n) is 9.48. The topological polar surface area (TPSA) is 126 Å². The van der Waals surface area contributed by atoms with E-state index < -0.39 is 16.9 Å². The monoisotopic (exact) mass is 573 g/mol. The van der Waals surface area contributed by atoms with Gasteiger partial charge in [0.15, 0.2) is 4.80 Å². The Morgan fingerprint density at radius 2 is 1.90 bits per heavy atom. The molecule has 4 aromatic rings. The molecule has 1 atom stereocenters. The molecule has 2 aromatic heterocycles. The third-order valence-corrected chi connectivity index (χ3v) is 7.34. The average molecular weight is 574 g/mol.